The molecule has 29 heavy (non-hydrogen) atoms. The first-order valence-corrected chi connectivity index (χ1v) is 10.1. The Morgan fingerprint density at radius 2 is 2.03 bits per heavy atom. The number of hydrogen-bond donors (Lipinski definition) is 1. The highest BCUT2D eigenvalue weighted by atomic mass is 35.5. The van der Waals surface area contributed by atoms with Crippen molar-refractivity contribution in [2.45, 2.75) is 45.1 Å². The topological polar surface area (TPSA) is 60.0 Å². The molecule has 0 bridgehead atoms. The van der Waals surface area contributed by atoms with Crippen molar-refractivity contribution in [2.24, 2.45) is 0 Å². The number of hydrogen-bond acceptors (Lipinski definition) is 4. The highest BCUT2D eigenvalue weighted by molar-refractivity contribution is 6.32. The highest BCUT2D eigenvalue weighted by Gasteiger charge is 2.23. The van der Waals surface area contributed by atoms with E-state index in [0.717, 1.165) is 29.8 Å². The number of halogens is 2. The van der Waals surface area contributed by atoms with Gasteiger partial charge in [-0.05, 0) is 43.5 Å². The van der Waals surface area contributed by atoms with Gasteiger partial charge in [-0.25, -0.2) is 9.37 Å². The Morgan fingerprint density at radius 1 is 1.24 bits per heavy atom. The van der Waals surface area contributed by atoms with E-state index in [1.165, 1.54) is 18.9 Å². The minimum absolute atomic E-state index is 0.0314. The monoisotopic (exact) mass is 415 g/mol. The van der Waals surface area contributed by atoms with Crippen molar-refractivity contribution in [1.29, 1.82) is 0 Å². The molecule has 152 valence electrons. The summed E-state index contributed by atoms with van der Waals surface area (Å²) in [5.41, 5.74) is 2.48. The minimum atomic E-state index is -0.378. The zero-order chi connectivity index (χ0) is 20.4. The fraction of sp³-hybridized carbons (Fsp3) is 0.364. The number of aromatic amines is 1. The van der Waals surface area contributed by atoms with E-state index in [0.29, 0.717) is 28.3 Å². The van der Waals surface area contributed by atoms with Crippen molar-refractivity contribution in [1.82, 2.24) is 15.0 Å². The minimum Gasteiger partial charge on any atom is -0.496 e. The molecule has 5 nitrogen and oxygen atoms in total. The average Bonchev–Trinajstić information content (AvgIpc) is 3.37. The van der Waals surface area contributed by atoms with Gasteiger partial charge >= 0.3 is 0 Å². The van der Waals surface area contributed by atoms with E-state index in [4.69, 9.17) is 26.1 Å². The van der Waals surface area contributed by atoms with Crippen LogP contribution in [0.5, 0.6) is 11.5 Å². The SMILES string of the molecule is COc1cc(OCc2ncc(C)cc2F)ccc1-c1nc(C2CCCC2)[nH]c1Cl. The molecule has 0 aliphatic heterocycles. The van der Waals surface area contributed by atoms with Gasteiger partial charge < -0.3 is 14.5 Å². The number of benzene rings is 1. The van der Waals surface area contributed by atoms with Crippen molar-refractivity contribution in [2.75, 3.05) is 7.11 Å². The molecule has 1 saturated carbocycles. The zero-order valence-corrected chi connectivity index (χ0v) is 17.2. The Hall–Kier alpha value is -2.60. The van der Waals surface area contributed by atoms with Gasteiger partial charge in [0.2, 0.25) is 0 Å². The predicted molar refractivity (Wildman–Crippen MR) is 110 cm³/mol. The summed E-state index contributed by atoms with van der Waals surface area (Å²) >= 11 is 6.44. The molecule has 1 aliphatic carbocycles. The number of methoxy groups -OCH3 is 1. The Bertz CT molecular complexity index is 1020. The molecule has 1 fully saturated rings. The fourth-order valence-electron chi connectivity index (χ4n) is 3.72. The first-order chi connectivity index (χ1) is 14.0. The van der Waals surface area contributed by atoms with Gasteiger partial charge in [0.1, 0.15) is 46.3 Å². The van der Waals surface area contributed by atoms with Crippen LogP contribution in [0.3, 0.4) is 0 Å². The molecular weight excluding hydrogens is 393 g/mol. The Balaban J connectivity index is 1.55. The Kier molecular flexibility index (Phi) is 5.72. The number of imidazole rings is 1. The summed E-state index contributed by atoms with van der Waals surface area (Å²) in [5.74, 6) is 2.13. The summed E-state index contributed by atoms with van der Waals surface area (Å²) in [4.78, 5) is 12.1. The molecule has 0 atom stereocenters. The summed E-state index contributed by atoms with van der Waals surface area (Å²) < 4.78 is 25.2. The number of nitrogens with zero attached hydrogens (tertiary/aromatic N) is 2. The number of H-pyrrole nitrogens is 1. The molecule has 0 saturated heterocycles. The standard InChI is InChI=1S/C22H23ClFN3O2/c1-13-9-17(24)18(25-11-13)12-29-15-7-8-16(19(10-15)28-2)20-21(23)27-22(26-20)14-5-3-4-6-14/h7-11,14H,3-6,12H2,1-2H3,(H,26,27). The third-order valence-electron chi connectivity index (χ3n) is 5.28. The van der Waals surface area contributed by atoms with Gasteiger partial charge in [-0.3, -0.25) is 4.98 Å². The summed E-state index contributed by atoms with van der Waals surface area (Å²) in [6.07, 6.45) is 6.34. The van der Waals surface area contributed by atoms with E-state index >= 15 is 0 Å². The number of nitrogens with one attached hydrogen (secondary N) is 1. The lowest BCUT2D eigenvalue weighted by atomic mass is 10.1. The van der Waals surface area contributed by atoms with Crippen LogP contribution in [0, 0.1) is 12.7 Å². The molecule has 1 N–H and O–H groups in total. The second-order valence-electron chi connectivity index (χ2n) is 7.36. The Labute approximate surface area is 174 Å². The number of aryl methyl sites for hydroxylation is 1. The van der Waals surface area contributed by atoms with E-state index in [1.807, 2.05) is 6.07 Å². The van der Waals surface area contributed by atoms with E-state index < -0.39 is 0 Å². The molecule has 4 rings (SSSR count). The van der Waals surface area contributed by atoms with Crippen LogP contribution < -0.4 is 9.47 Å². The van der Waals surface area contributed by atoms with E-state index in [2.05, 4.69) is 9.97 Å². The van der Waals surface area contributed by atoms with Crippen molar-refractivity contribution in [3.63, 3.8) is 0 Å². The Morgan fingerprint density at radius 3 is 2.76 bits per heavy atom. The van der Waals surface area contributed by atoms with Crippen LogP contribution in [-0.2, 0) is 6.61 Å². The number of aromatic nitrogens is 3. The van der Waals surface area contributed by atoms with E-state index in [9.17, 15) is 4.39 Å². The van der Waals surface area contributed by atoms with Crippen molar-refractivity contribution in [3.8, 4) is 22.8 Å². The fourth-order valence-corrected chi connectivity index (χ4v) is 3.96. The van der Waals surface area contributed by atoms with Crippen LogP contribution in [-0.4, -0.2) is 22.1 Å². The quantitative estimate of drug-likeness (QED) is 0.551. The van der Waals surface area contributed by atoms with Crippen LogP contribution in [0.15, 0.2) is 30.5 Å². The molecule has 2 aromatic heterocycles. The average molecular weight is 416 g/mol. The second kappa shape index (κ2) is 8.41. The lowest BCUT2D eigenvalue weighted by Crippen LogP contribution is -2.02. The van der Waals surface area contributed by atoms with Gasteiger partial charge in [0.05, 0.1) is 7.11 Å². The lowest BCUT2D eigenvalue weighted by Gasteiger charge is -2.11. The maximum atomic E-state index is 14.0. The highest BCUT2D eigenvalue weighted by Crippen LogP contribution is 2.39. The molecular formula is C22H23ClFN3O2. The van der Waals surface area contributed by atoms with Crippen molar-refractivity contribution in [3.05, 3.63) is 58.5 Å². The zero-order valence-electron chi connectivity index (χ0n) is 16.5. The normalized spacial score (nSPS) is 14.3. The van der Waals surface area contributed by atoms with E-state index in [-0.39, 0.29) is 18.1 Å². The number of pyridine rings is 1. The van der Waals surface area contributed by atoms with E-state index in [1.54, 1.807) is 32.4 Å². The summed E-state index contributed by atoms with van der Waals surface area (Å²) in [5, 5.41) is 0.504. The molecule has 7 heteroatoms. The largest absolute Gasteiger partial charge is 0.496 e. The predicted octanol–water partition coefficient (Wildman–Crippen LogP) is 5.82. The van der Waals surface area contributed by atoms with Crippen molar-refractivity contribution < 1.29 is 13.9 Å². The van der Waals surface area contributed by atoms with Gasteiger partial charge in [0.25, 0.3) is 0 Å². The maximum Gasteiger partial charge on any atom is 0.148 e. The van der Waals surface area contributed by atoms with Crippen LogP contribution in [0.25, 0.3) is 11.3 Å². The lowest BCUT2D eigenvalue weighted by molar-refractivity contribution is 0.292. The van der Waals surface area contributed by atoms with Gasteiger partial charge in [0.15, 0.2) is 0 Å². The molecule has 0 unspecified atom stereocenters. The summed E-state index contributed by atoms with van der Waals surface area (Å²) in [6, 6.07) is 6.84. The van der Waals surface area contributed by atoms with Crippen LogP contribution >= 0.6 is 11.6 Å². The molecule has 3 aromatic rings. The van der Waals surface area contributed by atoms with Crippen LogP contribution in [0.2, 0.25) is 5.15 Å². The van der Waals surface area contributed by atoms with Gasteiger partial charge in [-0.2, -0.15) is 0 Å². The molecule has 0 amide bonds. The summed E-state index contributed by atoms with van der Waals surface area (Å²) in [6.45, 7) is 1.83. The van der Waals surface area contributed by atoms with Crippen LogP contribution in [0.1, 0.15) is 48.7 Å². The molecule has 0 spiro atoms. The third-order valence-corrected chi connectivity index (χ3v) is 5.55. The smallest absolute Gasteiger partial charge is 0.148 e. The first kappa shape index (κ1) is 19.7. The van der Waals surface area contributed by atoms with Gasteiger partial charge in [0, 0.05) is 23.7 Å². The van der Waals surface area contributed by atoms with Gasteiger partial charge in [-0.15, -0.1) is 0 Å². The number of ether oxygens (including phenoxy) is 2. The third kappa shape index (κ3) is 4.22. The maximum absolute atomic E-state index is 14.0. The molecule has 0 radical (unpaired) electrons. The molecule has 2 heterocycles. The summed E-state index contributed by atoms with van der Waals surface area (Å²) in [7, 11) is 1.59. The van der Waals surface area contributed by atoms with Gasteiger partial charge in [-0.1, -0.05) is 24.4 Å². The second-order valence-corrected chi connectivity index (χ2v) is 7.74. The van der Waals surface area contributed by atoms with Crippen molar-refractivity contribution >= 4 is 11.6 Å². The number of rotatable bonds is 6. The molecule has 1 aliphatic rings. The first-order valence-electron chi connectivity index (χ1n) is 9.72. The van der Waals surface area contributed by atoms with Crippen LogP contribution in [0.4, 0.5) is 4.39 Å². The molecule has 1 aromatic carbocycles.